The first kappa shape index (κ1) is 12.9. The molecule has 3 rings (SSSR count). The molecule has 1 saturated heterocycles. The highest BCUT2D eigenvalue weighted by molar-refractivity contribution is 5.85. The Hall–Kier alpha value is -1.59. The van der Waals surface area contributed by atoms with Crippen molar-refractivity contribution in [3.05, 3.63) is 24.3 Å². The van der Waals surface area contributed by atoms with E-state index in [1.54, 1.807) is 0 Å². The fourth-order valence-electron chi connectivity index (χ4n) is 2.11. The summed E-state index contributed by atoms with van der Waals surface area (Å²) in [6.07, 6.45) is 0. The van der Waals surface area contributed by atoms with Crippen LogP contribution < -0.4 is 16.0 Å². The van der Waals surface area contributed by atoms with Crippen molar-refractivity contribution < 1.29 is 0 Å². The van der Waals surface area contributed by atoms with Crippen LogP contribution in [0.15, 0.2) is 24.3 Å². The lowest BCUT2D eigenvalue weighted by atomic mass is 10.3. The first-order chi connectivity index (χ1) is 8.34. The van der Waals surface area contributed by atoms with Crippen molar-refractivity contribution >= 4 is 35.1 Å². The van der Waals surface area contributed by atoms with Gasteiger partial charge in [-0.3, -0.25) is 0 Å². The number of anilines is 2. The predicted molar refractivity (Wildman–Crippen MR) is 76.3 cm³/mol. The summed E-state index contributed by atoms with van der Waals surface area (Å²) in [5.74, 6) is 1.33. The highest BCUT2D eigenvalue weighted by Gasteiger charge is 2.15. The first-order valence-corrected chi connectivity index (χ1v) is 5.82. The van der Waals surface area contributed by atoms with Gasteiger partial charge in [-0.1, -0.05) is 12.1 Å². The number of para-hydroxylation sites is 2. The molecule has 0 bridgehead atoms. The normalized spacial score (nSPS) is 15.4. The van der Waals surface area contributed by atoms with E-state index in [1.807, 2.05) is 24.3 Å². The second kappa shape index (κ2) is 5.37. The molecule has 6 heteroatoms. The summed E-state index contributed by atoms with van der Waals surface area (Å²) in [5.41, 5.74) is 7.73. The molecule has 2 aromatic rings. The zero-order chi connectivity index (χ0) is 11.7. The monoisotopic (exact) mass is 265 g/mol. The number of hydrogen-bond acceptors (Lipinski definition) is 5. The van der Waals surface area contributed by atoms with Crippen molar-refractivity contribution in [1.29, 1.82) is 0 Å². The van der Waals surface area contributed by atoms with Gasteiger partial charge in [-0.05, 0) is 12.1 Å². The Morgan fingerprint density at radius 2 is 1.67 bits per heavy atom. The van der Waals surface area contributed by atoms with E-state index in [0.29, 0.717) is 5.82 Å². The standard InChI is InChI=1S/C12H15N5.ClH/c13-11-12(17-7-5-14-6-8-17)16-10-4-2-1-3-9(10)15-11;/h1-4,14H,5-8H2,(H2,13,15);1H. The Bertz CT molecular complexity index is 539. The number of nitrogens with one attached hydrogen (secondary N) is 1. The maximum absolute atomic E-state index is 5.98. The number of piperazine rings is 1. The third-order valence-electron chi connectivity index (χ3n) is 2.99. The molecule has 96 valence electrons. The summed E-state index contributed by atoms with van der Waals surface area (Å²) < 4.78 is 0. The van der Waals surface area contributed by atoms with E-state index in [1.165, 1.54) is 0 Å². The van der Waals surface area contributed by atoms with Crippen molar-refractivity contribution in [3.63, 3.8) is 0 Å². The molecular weight excluding hydrogens is 250 g/mol. The number of nitrogens with zero attached hydrogens (tertiary/aromatic N) is 3. The van der Waals surface area contributed by atoms with Crippen LogP contribution in [-0.2, 0) is 0 Å². The third kappa shape index (κ3) is 2.32. The Labute approximate surface area is 112 Å². The van der Waals surface area contributed by atoms with Crippen LogP contribution >= 0.6 is 12.4 Å². The highest BCUT2D eigenvalue weighted by Crippen LogP contribution is 2.22. The lowest BCUT2D eigenvalue weighted by Gasteiger charge is -2.28. The summed E-state index contributed by atoms with van der Waals surface area (Å²) in [6, 6.07) is 7.81. The molecule has 5 nitrogen and oxygen atoms in total. The molecule has 1 fully saturated rings. The molecule has 0 amide bonds. The summed E-state index contributed by atoms with van der Waals surface area (Å²) in [5, 5.41) is 3.31. The predicted octanol–water partition coefficient (Wildman–Crippen LogP) is 1.04. The quantitative estimate of drug-likeness (QED) is 0.807. The van der Waals surface area contributed by atoms with Gasteiger partial charge < -0.3 is 16.0 Å². The number of halogens is 1. The number of benzene rings is 1. The van der Waals surface area contributed by atoms with Gasteiger partial charge in [-0.15, -0.1) is 12.4 Å². The smallest absolute Gasteiger partial charge is 0.172 e. The molecule has 1 aromatic heterocycles. The van der Waals surface area contributed by atoms with Gasteiger partial charge in [-0.2, -0.15) is 0 Å². The van der Waals surface area contributed by atoms with Crippen LogP contribution in [0.3, 0.4) is 0 Å². The molecular formula is C12H16ClN5. The number of nitrogens with two attached hydrogens (primary N) is 1. The van der Waals surface area contributed by atoms with Crippen molar-refractivity contribution in [2.75, 3.05) is 36.8 Å². The average molecular weight is 266 g/mol. The van der Waals surface area contributed by atoms with E-state index < -0.39 is 0 Å². The van der Waals surface area contributed by atoms with Crippen LogP contribution in [0.1, 0.15) is 0 Å². The van der Waals surface area contributed by atoms with Gasteiger partial charge in [0.25, 0.3) is 0 Å². The number of hydrogen-bond donors (Lipinski definition) is 2. The zero-order valence-corrected chi connectivity index (χ0v) is 10.8. The molecule has 1 aliphatic rings. The molecule has 3 N–H and O–H groups in total. The fraction of sp³-hybridized carbons (Fsp3) is 0.333. The SMILES string of the molecule is Cl.Nc1nc2ccccc2nc1N1CCNCC1. The second-order valence-electron chi connectivity index (χ2n) is 4.16. The van der Waals surface area contributed by atoms with Gasteiger partial charge in [0.05, 0.1) is 11.0 Å². The van der Waals surface area contributed by atoms with Crippen molar-refractivity contribution in [2.45, 2.75) is 0 Å². The molecule has 0 unspecified atom stereocenters. The minimum Gasteiger partial charge on any atom is -0.381 e. The molecule has 1 aromatic carbocycles. The van der Waals surface area contributed by atoms with Crippen LogP contribution in [-0.4, -0.2) is 36.1 Å². The summed E-state index contributed by atoms with van der Waals surface area (Å²) in [7, 11) is 0. The Morgan fingerprint density at radius 3 is 2.33 bits per heavy atom. The van der Waals surface area contributed by atoms with Crippen molar-refractivity contribution in [2.24, 2.45) is 0 Å². The van der Waals surface area contributed by atoms with Crippen LogP contribution in [0.2, 0.25) is 0 Å². The largest absolute Gasteiger partial charge is 0.381 e. The Morgan fingerprint density at radius 1 is 1.06 bits per heavy atom. The zero-order valence-electron chi connectivity index (χ0n) is 9.97. The molecule has 0 radical (unpaired) electrons. The van der Waals surface area contributed by atoms with E-state index in [2.05, 4.69) is 20.2 Å². The highest BCUT2D eigenvalue weighted by atomic mass is 35.5. The third-order valence-corrected chi connectivity index (χ3v) is 2.99. The Kier molecular flexibility index (Phi) is 3.84. The molecule has 0 saturated carbocycles. The molecule has 0 spiro atoms. The van der Waals surface area contributed by atoms with Crippen molar-refractivity contribution in [1.82, 2.24) is 15.3 Å². The van der Waals surface area contributed by atoms with Crippen molar-refractivity contribution in [3.8, 4) is 0 Å². The van der Waals surface area contributed by atoms with Gasteiger partial charge in [0, 0.05) is 26.2 Å². The molecule has 0 aliphatic carbocycles. The van der Waals surface area contributed by atoms with E-state index in [9.17, 15) is 0 Å². The number of nitrogen functional groups attached to an aromatic ring is 1. The lowest BCUT2D eigenvalue weighted by molar-refractivity contribution is 0.585. The number of aromatic nitrogens is 2. The van der Waals surface area contributed by atoms with Crippen LogP contribution in [0, 0.1) is 0 Å². The second-order valence-corrected chi connectivity index (χ2v) is 4.16. The summed E-state index contributed by atoms with van der Waals surface area (Å²) >= 11 is 0. The average Bonchev–Trinajstić information content (AvgIpc) is 2.39. The van der Waals surface area contributed by atoms with Gasteiger partial charge in [-0.25, -0.2) is 9.97 Å². The van der Waals surface area contributed by atoms with Gasteiger partial charge in [0.2, 0.25) is 0 Å². The van der Waals surface area contributed by atoms with Crippen LogP contribution in [0.25, 0.3) is 11.0 Å². The van der Waals surface area contributed by atoms with E-state index in [-0.39, 0.29) is 12.4 Å². The minimum atomic E-state index is 0. The molecule has 0 atom stereocenters. The van der Waals surface area contributed by atoms with Gasteiger partial charge in [0.15, 0.2) is 11.6 Å². The molecule has 18 heavy (non-hydrogen) atoms. The maximum Gasteiger partial charge on any atom is 0.172 e. The van der Waals surface area contributed by atoms with Gasteiger partial charge in [0.1, 0.15) is 0 Å². The van der Waals surface area contributed by atoms with E-state index in [0.717, 1.165) is 43.0 Å². The first-order valence-electron chi connectivity index (χ1n) is 5.82. The summed E-state index contributed by atoms with van der Waals surface area (Å²) in [4.78, 5) is 11.2. The number of rotatable bonds is 1. The maximum atomic E-state index is 5.98. The van der Waals surface area contributed by atoms with Gasteiger partial charge >= 0.3 is 0 Å². The minimum absolute atomic E-state index is 0. The topological polar surface area (TPSA) is 67.1 Å². The molecule has 2 heterocycles. The fourth-order valence-corrected chi connectivity index (χ4v) is 2.11. The summed E-state index contributed by atoms with van der Waals surface area (Å²) in [6.45, 7) is 3.79. The van der Waals surface area contributed by atoms with Crippen LogP contribution in [0.4, 0.5) is 11.6 Å². The van der Waals surface area contributed by atoms with E-state index in [4.69, 9.17) is 5.73 Å². The van der Waals surface area contributed by atoms with Crippen LogP contribution in [0.5, 0.6) is 0 Å². The molecule has 1 aliphatic heterocycles. The van der Waals surface area contributed by atoms with E-state index >= 15 is 0 Å². The Balaban J connectivity index is 0.00000120. The number of fused-ring (bicyclic) bond motifs is 1. The lowest BCUT2D eigenvalue weighted by Crippen LogP contribution is -2.44.